The maximum atomic E-state index is 13.1. The molecular weight excluding hydrogens is 442 g/mol. The van der Waals surface area contributed by atoms with Crippen LogP contribution in [0.25, 0.3) is 0 Å². The quantitative estimate of drug-likeness (QED) is 0.663. The molecule has 0 atom stereocenters. The van der Waals surface area contributed by atoms with Crippen molar-refractivity contribution in [3.8, 4) is 0 Å². The van der Waals surface area contributed by atoms with E-state index in [2.05, 4.69) is 15.6 Å². The molecule has 1 aromatic heterocycles. The van der Waals surface area contributed by atoms with E-state index in [1.54, 1.807) is 42.3 Å². The van der Waals surface area contributed by atoms with Crippen molar-refractivity contribution >= 4 is 21.8 Å². The van der Waals surface area contributed by atoms with E-state index in [-0.39, 0.29) is 29.3 Å². The molecule has 2 aliphatic rings. The number of carbonyl (C=O) groups excluding carboxylic acids is 1. The van der Waals surface area contributed by atoms with Crippen LogP contribution >= 0.6 is 0 Å². The molecule has 1 fully saturated rings. The van der Waals surface area contributed by atoms with E-state index >= 15 is 0 Å². The van der Waals surface area contributed by atoms with Crippen molar-refractivity contribution in [1.29, 1.82) is 0 Å². The summed E-state index contributed by atoms with van der Waals surface area (Å²) in [4.78, 5) is 24.2. The number of urea groups is 1. The predicted molar refractivity (Wildman–Crippen MR) is 124 cm³/mol. The second-order valence-electron chi connectivity index (χ2n) is 8.94. The molecule has 2 N–H and O–H groups in total. The number of aromatic nitrogens is 2. The lowest BCUT2D eigenvalue weighted by atomic mass is 9.97. The van der Waals surface area contributed by atoms with Crippen LogP contribution in [-0.2, 0) is 33.2 Å². The molecule has 1 aromatic carbocycles. The van der Waals surface area contributed by atoms with Crippen LogP contribution in [0.1, 0.15) is 50.4 Å². The third kappa shape index (κ3) is 4.96. The van der Waals surface area contributed by atoms with E-state index in [9.17, 15) is 13.2 Å². The van der Waals surface area contributed by atoms with Gasteiger partial charge < -0.3 is 20.3 Å². The summed E-state index contributed by atoms with van der Waals surface area (Å²) in [6.45, 7) is 7.64. The first-order valence-corrected chi connectivity index (χ1v) is 12.9. The van der Waals surface area contributed by atoms with E-state index in [1.807, 2.05) is 13.8 Å². The zero-order chi connectivity index (χ0) is 23.6. The number of nitrogens with one attached hydrogen (secondary N) is 2. The van der Waals surface area contributed by atoms with E-state index in [0.717, 1.165) is 42.9 Å². The number of nitrogens with zero attached hydrogens (tertiary/aromatic N) is 3. The summed E-state index contributed by atoms with van der Waals surface area (Å²) < 4.78 is 29.7. The summed E-state index contributed by atoms with van der Waals surface area (Å²) in [7, 11) is -3.30. The van der Waals surface area contributed by atoms with Crippen molar-refractivity contribution in [1.82, 2.24) is 20.2 Å². The Labute approximate surface area is 194 Å². The van der Waals surface area contributed by atoms with Gasteiger partial charge in [0.15, 0.2) is 9.84 Å². The fourth-order valence-electron chi connectivity index (χ4n) is 4.25. The minimum Gasteiger partial charge on any atom is -0.381 e. The minimum atomic E-state index is -3.30. The number of sulfone groups is 1. The topological polar surface area (TPSA) is 114 Å². The van der Waals surface area contributed by atoms with E-state index in [0.29, 0.717) is 12.5 Å². The Kier molecular flexibility index (Phi) is 6.58. The van der Waals surface area contributed by atoms with Crippen molar-refractivity contribution in [3.05, 3.63) is 47.3 Å². The fourth-order valence-corrected chi connectivity index (χ4v) is 5.20. The van der Waals surface area contributed by atoms with Crippen LogP contribution in [-0.4, -0.2) is 54.3 Å². The van der Waals surface area contributed by atoms with Crippen molar-refractivity contribution in [2.24, 2.45) is 0 Å². The molecule has 1 saturated heterocycles. The third-order valence-corrected chi connectivity index (χ3v) is 8.12. The maximum absolute atomic E-state index is 13.1. The standard InChI is InChI=1S/C23H31N5O4S/c1-4-33(30,31)18-7-5-6-16(12-18)13-25-22(29)28-15-20-19(23(28,2)3)14-24-21(27-20)26-17-8-10-32-11-9-17/h5-7,12,14,17H,4,8-11,13,15H2,1-3H3,(H,25,29)(H,24,26,27). The highest BCUT2D eigenvalue weighted by atomic mass is 32.2. The Morgan fingerprint density at radius 1 is 1.27 bits per heavy atom. The monoisotopic (exact) mass is 473 g/mol. The average Bonchev–Trinajstić information content (AvgIpc) is 3.08. The van der Waals surface area contributed by atoms with Crippen LogP contribution in [0.5, 0.6) is 0 Å². The first-order chi connectivity index (χ1) is 15.7. The fraction of sp³-hybridized carbons (Fsp3) is 0.522. The molecule has 2 aliphatic heterocycles. The molecule has 2 amide bonds. The smallest absolute Gasteiger partial charge is 0.318 e. The van der Waals surface area contributed by atoms with Crippen molar-refractivity contribution in [3.63, 3.8) is 0 Å². The number of hydrogen-bond acceptors (Lipinski definition) is 7. The van der Waals surface area contributed by atoms with Crippen LogP contribution in [0.3, 0.4) is 0 Å². The van der Waals surface area contributed by atoms with Crippen molar-refractivity contribution in [2.45, 2.75) is 63.2 Å². The second-order valence-corrected chi connectivity index (χ2v) is 11.2. The maximum Gasteiger partial charge on any atom is 0.318 e. The SMILES string of the molecule is CCS(=O)(=O)c1cccc(CNC(=O)N2Cc3nc(NC4CCOCC4)ncc3C2(C)C)c1. The number of anilines is 1. The molecular formula is C23H31N5O4S. The summed E-state index contributed by atoms with van der Waals surface area (Å²) in [5.41, 5.74) is 1.92. The van der Waals surface area contributed by atoms with Crippen LogP contribution in [0.4, 0.5) is 10.7 Å². The zero-order valence-electron chi connectivity index (χ0n) is 19.3. The van der Waals surface area contributed by atoms with Gasteiger partial charge in [0.2, 0.25) is 5.95 Å². The van der Waals surface area contributed by atoms with Crippen LogP contribution < -0.4 is 10.6 Å². The molecule has 4 rings (SSSR count). The normalized spacial score (nSPS) is 18.1. The minimum absolute atomic E-state index is 0.0371. The van der Waals surface area contributed by atoms with Gasteiger partial charge in [-0.3, -0.25) is 0 Å². The molecule has 0 radical (unpaired) electrons. The Hall–Kier alpha value is -2.72. The van der Waals surface area contributed by atoms with Gasteiger partial charge in [0, 0.05) is 37.6 Å². The van der Waals surface area contributed by atoms with Crippen LogP contribution in [0, 0.1) is 0 Å². The zero-order valence-corrected chi connectivity index (χ0v) is 20.1. The summed E-state index contributed by atoms with van der Waals surface area (Å²) >= 11 is 0. The van der Waals surface area contributed by atoms with Crippen molar-refractivity contribution in [2.75, 3.05) is 24.3 Å². The lowest BCUT2D eigenvalue weighted by Crippen LogP contribution is -2.45. The number of rotatable bonds is 6. The molecule has 0 aliphatic carbocycles. The van der Waals surface area contributed by atoms with Gasteiger partial charge in [-0.05, 0) is 44.4 Å². The lowest BCUT2D eigenvalue weighted by molar-refractivity contribution is 0.0903. The first kappa shape index (κ1) is 23.4. The van der Waals surface area contributed by atoms with Gasteiger partial charge in [0.1, 0.15) is 0 Å². The number of carbonyl (C=O) groups is 1. The molecule has 2 aromatic rings. The lowest BCUT2D eigenvalue weighted by Gasteiger charge is -2.32. The molecule has 0 saturated carbocycles. The summed E-state index contributed by atoms with van der Waals surface area (Å²) in [5.74, 6) is 0.614. The molecule has 0 bridgehead atoms. The molecule has 33 heavy (non-hydrogen) atoms. The molecule has 9 nitrogen and oxygen atoms in total. The van der Waals surface area contributed by atoms with Gasteiger partial charge in [-0.1, -0.05) is 19.1 Å². The number of ether oxygens (including phenoxy) is 1. The van der Waals surface area contributed by atoms with Crippen LogP contribution in [0.2, 0.25) is 0 Å². The molecule has 10 heteroatoms. The second kappa shape index (κ2) is 9.26. The molecule has 3 heterocycles. The number of hydrogen-bond donors (Lipinski definition) is 2. The first-order valence-electron chi connectivity index (χ1n) is 11.3. The number of amides is 2. The van der Waals surface area contributed by atoms with Crippen molar-refractivity contribution < 1.29 is 17.9 Å². The highest BCUT2D eigenvalue weighted by Crippen LogP contribution is 2.37. The highest BCUT2D eigenvalue weighted by molar-refractivity contribution is 7.91. The summed E-state index contributed by atoms with van der Waals surface area (Å²) in [6.07, 6.45) is 3.64. The molecule has 0 spiro atoms. The third-order valence-electron chi connectivity index (χ3n) is 6.39. The summed E-state index contributed by atoms with van der Waals surface area (Å²) in [6, 6.07) is 6.75. The number of fused-ring (bicyclic) bond motifs is 1. The summed E-state index contributed by atoms with van der Waals surface area (Å²) in [5, 5.41) is 6.30. The predicted octanol–water partition coefficient (Wildman–Crippen LogP) is 2.82. The van der Waals surface area contributed by atoms with Gasteiger partial charge in [-0.15, -0.1) is 0 Å². The van der Waals surface area contributed by atoms with Gasteiger partial charge in [0.25, 0.3) is 0 Å². The Morgan fingerprint density at radius 2 is 2.03 bits per heavy atom. The van der Waals surface area contributed by atoms with Gasteiger partial charge >= 0.3 is 6.03 Å². The van der Waals surface area contributed by atoms with E-state index < -0.39 is 15.4 Å². The van der Waals surface area contributed by atoms with Gasteiger partial charge in [-0.2, -0.15) is 0 Å². The van der Waals surface area contributed by atoms with E-state index in [4.69, 9.17) is 9.72 Å². The Balaban J connectivity index is 1.43. The van der Waals surface area contributed by atoms with E-state index in [1.165, 1.54) is 0 Å². The highest BCUT2D eigenvalue weighted by Gasteiger charge is 2.41. The average molecular weight is 474 g/mol. The molecule has 178 valence electrons. The van der Waals surface area contributed by atoms with Gasteiger partial charge in [-0.25, -0.2) is 23.2 Å². The molecule has 0 unspecified atom stereocenters. The number of benzene rings is 1. The Morgan fingerprint density at radius 3 is 2.76 bits per heavy atom. The van der Waals surface area contributed by atoms with Gasteiger partial charge in [0.05, 0.1) is 28.4 Å². The van der Waals surface area contributed by atoms with Crippen LogP contribution in [0.15, 0.2) is 35.4 Å². The Bertz CT molecular complexity index is 1130. The largest absolute Gasteiger partial charge is 0.381 e.